The SMILES string of the molecule is C1=CCC(n2c3ccccc3c3cc(-c4ccc5c(c4)c4ccccc4n5N4C(c5ccccc5)NC4C4C=CC=C(c5ccccc5)C4)ccc32)C=C1. The van der Waals surface area contributed by atoms with Gasteiger partial charge in [-0.25, -0.2) is 0 Å². The molecule has 2 aliphatic carbocycles. The summed E-state index contributed by atoms with van der Waals surface area (Å²) in [5.74, 6) is 0.301. The summed E-state index contributed by atoms with van der Waals surface area (Å²) in [6, 6.07) is 54.0. The molecule has 260 valence electrons. The highest BCUT2D eigenvalue weighted by molar-refractivity contribution is 6.11. The molecule has 11 rings (SSSR count). The summed E-state index contributed by atoms with van der Waals surface area (Å²) in [5, 5.41) is 11.8. The van der Waals surface area contributed by atoms with Crippen LogP contribution in [0, 0.1) is 5.92 Å². The quantitative estimate of drug-likeness (QED) is 0.187. The lowest BCUT2D eigenvalue weighted by Gasteiger charge is -2.54. The van der Waals surface area contributed by atoms with E-state index in [4.69, 9.17) is 0 Å². The number of benzene rings is 6. The molecular formula is C50H40N4. The van der Waals surface area contributed by atoms with Crippen LogP contribution in [0.4, 0.5) is 0 Å². The fourth-order valence-corrected chi connectivity index (χ4v) is 9.30. The van der Waals surface area contributed by atoms with Gasteiger partial charge < -0.3 is 4.57 Å². The van der Waals surface area contributed by atoms with Gasteiger partial charge in [-0.2, -0.15) is 0 Å². The Morgan fingerprint density at radius 3 is 1.91 bits per heavy atom. The lowest BCUT2D eigenvalue weighted by atomic mass is 9.86. The number of hydrogen-bond donors (Lipinski definition) is 1. The lowest BCUT2D eigenvalue weighted by molar-refractivity contribution is 0.169. The summed E-state index contributed by atoms with van der Waals surface area (Å²) in [6.45, 7) is 0. The fourth-order valence-electron chi connectivity index (χ4n) is 9.30. The predicted molar refractivity (Wildman–Crippen MR) is 226 cm³/mol. The van der Waals surface area contributed by atoms with E-state index in [9.17, 15) is 0 Å². The van der Waals surface area contributed by atoms with Crippen molar-refractivity contribution < 1.29 is 0 Å². The van der Waals surface area contributed by atoms with Crippen molar-refractivity contribution in [1.82, 2.24) is 14.6 Å². The fraction of sp³-hybridized carbons (Fsp3) is 0.120. The number of para-hydroxylation sites is 2. The first kappa shape index (κ1) is 31.2. The molecule has 1 aliphatic heterocycles. The van der Waals surface area contributed by atoms with Crippen LogP contribution in [0.3, 0.4) is 0 Å². The van der Waals surface area contributed by atoms with Crippen LogP contribution in [0.5, 0.6) is 0 Å². The topological polar surface area (TPSA) is 25.1 Å². The Kier molecular flexibility index (Phi) is 7.31. The molecule has 3 aliphatic rings. The van der Waals surface area contributed by atoms with E-state index in [0.29, 0.717) is 12.0 Å². The number of rotatable bonds is 6. The molecule has 0 bridgehead atoms. The molecule has 1 N–H and O–H groups in total. The van der Waals surface area contributed by atoms with Crippen LogP contribution in [0.25, 0.3) is 60.3 Å². The highest BCUT2D eigenvalue weighted by Crippen LogP contribution is 2.42. The van der Waals surface area contributed by atoms with Gasteiger partial charge in [0.15, 0.2) is 0 Å². The summed E-state index contributed by atoms with van der Waals surface area (Å²) in [4.78, 5) is 0. The zero-order chi connectivity index (χ0) is 35.6. The lowest BCUT2D eigenvalue weighted by Crippen LogP contribution is -2.70. The number of nitrogens with one attached hydrogen (secondary N) is 1. The van der Waals surface area contributed by atoms with E-state index in [1.165, 1.54) is 71.4 Å². The maximum atomic E-state index is 4.02. The van der Waals surface area contributed by atoms with Gasteiger partial charge in [-0.15, -0.1) is 0 Å². The minimum atomic E-state index is 0.0450. The molecular weight excluding hydrogens is 657 g/mol. The Hall–Kier alpha value is -6.36. The van der Waals surface area contributed by atoms with Gasteiger partial charge >= 0.3 is 0 Å². The zero-order valence-electron chi connectivity index (χ0n) is 30.0. The van der Waals surface area contributed by atoms with Crippen molar-refractivity contribution in [2.75, 3.05) is 5.01 Å². The van der Waals surface area contributed by atoms with E-state index in [-0.39, 0.29) is 12.3 Å². The molecule has 4 nitrogen and oxygen atoms in total. The molecule has 1 saturated heterocycles. The zero-order valence-corrected chi connectivity index (χ0v) is 30.0. The van der Waals surface area contributed by atoms with E-state index in [0.717, 1.165) is 12.8 Å². The third-order valence-electron chi connectivity index (χ3n) is 11.9. The summed E-state index contributed by atoms with van der Waals surface area (Å²) in [7, 11) is 0. The van der Waals surface area contributed by atoms with E-state index >= 15 is 0 Å². The average molecular weight is 697 g/mol. The largest absolute Gasteiger partial charge is 0.333 e. The van der Waals surface area contributed by atoms with E-state index in [1.54, 1.807) is 0 Å². The molecule has 1 fully saturated rings. The Balaban J connectivity index is 1.03. The van der Waals surface area contributed by atoms with Crippen LogP contribution in [0.15, 0.2) is 188 Å². The van der Waals surface area contributed by atoms with Crippen LogP contribution < -0.4 is 10.3 Å². The molecule has 3 heterocycles. The first-order valence-corrected chi connectivity index (χ1v) is 19.2. The van der Waals surface area contributed by atoms with Gasteiger partial charge in [0.1, 0.15) is 12.3 Å². The molecule has 4 unspecified atom stereocenters. The molecule has 54 heavy (non-hydrogen) atoms. The van der Waals surface area contributed by atoms with Crippen LogP contribution in [-0.4, -0.2) is 15.4 Å². The number of allylic oxidation sites excluding steroid dienone is 7. The minimum absolute atomic E-state index is 0.0450. The van der Waals surface area contributed by atoms with Gasteiger partial charge in [0, 0.05) is 38.5 Å². The predicted octanol–water partition coefficient (Wildman–Crippen LogP) is 11.9. The molecule has 8 aromatic rings. The van der Waals surface area contributed by atoms with Crippen molar-refractivity contribution in [3.8, 4) is 11.1 Å². The van der Waals surface area contributed by atoms with E-state index in [2.05, 4.69) is 208 Å². The second-order valence-corrected chi connectivity index (χ2v) is 14.9. The normalized spacial score (nSPS) is 21.0. The van der Waals surface area contributed by atoms with Gasteiger partial charge in [0.25, 0.3) is 0 Å². The second kappa shape index (κ2) is 12.6. The third-order valence-corrected chi connectivity index (χ3v) is 11.9. The molecule has 4 atom stereocenters. The second-order valence-electron chi connectivity index (χ2n) is 14.9. The van der Waals surface area contributed by atoms with Crippen LogP contribution in [0.2, 0.25) is 0 Å². The Bertz CT molecular complexity index is 2830. The third kappa shape index (κ3) is 4.94. The number of aromatic nitrogens is 2. The molecule has 2 aromatic heterocycles. The first-order valence-electron chi connectivity index (χ1n) is 19.2. The van der Waals surface area contributed by atoms with Gasteiger partial charge in [-0.1, -0.05) is 152 Å². The monoisotopic (exact) mass is 696 g/mol. The standard InChI is InChI=1S/C50H40N4/c1-4-15-34(16-5-1)36-19-14-20-39(31-36)50-51-49(35-17-6-2-7-18-35)54(50)53-47-26-13-11-24-42(47)44-33-38(28-30-48(44)53)37-27-29-46-43(32-37)41-23-10-12-25-45(41)52(46)40-21-8-3-9-22-40/h1-21,23-30,32-33,39-40,49-51H,22,31H2. The smallest absolute Gasteiger partial charge is 0.124 e. The molecule has 0 saturated carbocycles. The van der Waals surface area contributed by atoms with Crippen molar-refractivity contribution in [3.63, 3.8) is 0 Å². The number of nitrogens with zero attached hydrogens (tertiary/aromatic N) is 3. The van der Waals surface area contributed by atoms with Gasteiger partial charge in [0.2, 0.25) is 0 Å². The van der Waals surface area contributed by atoms with Crippen LogP contribution in [0.1, 0.15) is 36.2 Å². The van der Waals surface area contributed by atoms with Crippen LogP contribution >= 0.6 is 0 Å². The highest BCUT2D eigenvalue weighted by Gasteiger charge is 2.44. The molecule has 0 spiro atoms. The maximum absolute atomic E-state index is 4.02. The van der Waals surface area contributed by atoms with E-state index in [1.807, 2.05) is 0 Å². The molecule has 4 heteroatoms. The summed E-state index contributed by atoms with van der Waals surface area (Å²) < 4.78 is 5.02. The maximum Gasteiger partial charge on any atom is 0.124 e. The van der Waals surface area contributed by atoms with Gasteiger partial charge in [-0.05, 0) is 77.1 Å². The molecule has 6 aromatic carbocycles. The van der Waals surface area contributed by atoms with Gasteiger partial charge in [0.05, 0.1) is 17.1 Å². The number of fused-ring (bicyclic) bond motifs is 6. The first-order chi connectivity index (χ1) is 26.8. The Labute approximate surface area is 315 Å². The number of hydrogen-bond acceptors (Lipinski definition) is 2. The van der Waals surface area contributed by atoms with Crippen molar-refractivity contribution in [1.29, 1.82) is 0 Å². The highest BCUT2D eigenvalue weighted by atomic mass is 15.7. The summed E-state index contributed by atoms with van der Waals surface area (Å²) in [6.07, 6.45) is 18.0. The Morgan fingerprint density at radius 2 is 1.15 bits per heavy atom. The van der Waals surface area contributed by atoms with Gasteiger partial charge in [-0.3, -0.25) is 15.0 Å². The average Bonchev–Trinajstić information content (AvgIpc) is 3.74. The van der Waals surface area contributed by atoms with Crippen molar-refractivity contribution in [2.45, 2.75) is 31.2 Å². The molecule has 0 amide bonds. The minimum Gasteiger partial charge on any atom is -0.333 e. The van der Waals surface area contributed by atoms with Crippen LogP contribution in [-0.2, 0) is 0 Å². The summed E-state index contributed by atoms with van der Waals surface area (Å²) >= 11 is 0. The van der Waals surface area contributed by atoms with Crippen molar-refractivity contribution in [3.05, 3.63) is 199 Å². The van der Waals surface area contributed by atoms with Crippen molar-refractivity contribution in [2.24, 2.45) is 5.92 Å². The van der Waals surface area contributed by atoms with Crippen molar-refractivity contribution >= 4 is 49.2 Å². The Morgan fingerprint density at radius 1 is 0.519 bits per heavy atom. The summed E-state index contributed by atoms with van der Waals surface area (Å²) in [5.41, 5.74) is 11.4. The van der Waals surface area contributed by atoms with E-state index < -0.39 is 0 Å². The molecule has 0 radical (unpaired) electrons.